The van der Waals surface area contributed by atoms with Gasteiger partial charge in [-0.05, 0) is 26.3 Å². The SMILES string of the molecule is CCOC(=O)C1C(=O)C(C)(C)C(=O)CC1c1ccccc1. The fourth-order valence-electron chi connectivity index (χ4n) is 2.80. The summed E-state index contributed by atoms with van der Waals surface area (Å²) in [6.07, 6.45) is 0.187. The van der Waals surface area contributed by atoms with Crippen molar-refractivity contribution in [2.75, 3.05) is 6.61 Å². The van der Waals surface area contributed by atoms with E-state index in [1.54, 1.807) is 20.8 Å². The quantitative estimate of drug-likeness (QED) is 0.633. The molecule has 2 rings (SSSR count). The van der Waals surface area contributed by atoms with Crippen LogP contribution in [0.3, 0.4) is 0 Å². The summed E-state index contributed by atoms with van der Waals surface area (Å²) in [5, 5.41) is 0. The molecule has 0 amide bonds. The molecule has 0 aromatic heterocycles. The Morgan fingerprint density at radius 3 is 2.43 bits per heavy atom. The number of rotatable bonds is 3. The van der Waals surface area contributed by atoms with Crippen LogP contribution >= 0.6 is 0 Å². The predicted molar refractivity (Wildman–Crippen MR) is 77.7 cm³/mol. The number of hydrogen-bond acceptors (Lipinski definition) is 4. The summed E-state index contributed by atoms with van der Waals surface area (Å²) in [5.41, 5.74) is -0.296. The Bertz CT molecular complexity index is 559. The maximum atomic E-state index is 12.6. The van der Waals surface area contributed by atoms with E-state index in [-0.39, 0.29) is 24.6 Å². The molecule has 0 N–H and O–H groups in total. The highest BCUT2D eigenvalue weighted by molar-refractivity contribution is 6.16. The summed E-state index contributed by atoms with van der Waals surface area (Å²) in [6.45, 7) is 5.10. The van der Waals surface area contributed by atoms with Crippen molar-refractivity contribution in [1.29, 1.82) is 0 Å². The van der Waals surface area contributed by atoms with Gasteiger partial charge in [-0.15, -0.1) is 0 Å². The Hall–Kier alpha value is -1.97. The molecule has 2 atom stereocenters. The van der Waals surface area contributed by atoms with Gasteiger partial charge in [0, 0.05) is 12.3 Å². The molecule has 0 aliphatic heterocycles. The van der Waals surface area contributed by atoms with Gasteiger partial charge in [0.15, 0.2) is 5.78 Å². The van der Waals surface area contributed by atoms with Crippen molar-refractivity contribution < 1.29 is 19.1 Å². The lowest BCUT2D eigenvalue weighted by Crippen LogP contribution is -2.49. The largest absolute Gasteiger partial charge is 0.465 e. The standard InChI is InChI=1S/C17H20O4/c1-4-21-16(20)14-12(11-8-6-5-7-9-11)10-13(18)17(2,3)15(14)19/h5-9,12,14H,4,10H2,1-3H3. The summed E-state index contributed by atoms with van der Waals surface area (Å²) in [4.78, 5) is 37.1. The molecule has 1 aromatic carbocycles. The summed E-state index contributed by atoms with van der Waals surface area (Å²) in [5.74, 6) is -2.33. The van der Waals surface area contributed by atoms with Crippen LogP contribution in [0.2, 0.25) is 0 Å². The molecule has 4 nitrogen and oxygen atoms in total. The minimum Gasteiger partial charge on any atom is -0.465 e. The van der Waals surface area contributed by atoms with E-state index in [9.17, 15) is 14.4 Å². The van der Waals surface area contributed by atoms with Gasteiger partial charge >= 0.3 is 5.97 Å². The molecule has 1 fully saturated rings. The highest BCUT2D eigenvalue weighted by Gasteiger charge is 2.52. The van der Waals surface area contributed by atoms with E-state index in [0.717, 1.165) is 5.56 Å². The van der Waals surface area contributed by atoms with Gasteiger partial charge in [0.05, 0.1) is 12.0 Å². The minimum absolute atomic E-state index is 0.123. The zero-order chi connectivity index (χ0) is 15.6. The lowest BCUT2D eigenvalue weighted by Gasteiger charge is -2.36. The van der Waals surface area contributed by atoms with Gasteiger partial charge in [-0.25, -0.2) is 0 Å². The lowest BCUT2D eigenvalue weighted by molar-refractivity contribution is -0.159. The Morgan fingerprint density at radius 2 is 1.86 bits per heavy atom. The first-order chi connectivity index (χ1) is 9.89. The minimum atomic E-state index is -1.12. The Morgan fingerprint density at radius 1 is 1.24 bits per heavy atom. The molecule has 2 unspecified atom stereocenters. The highest BCUT2D eigenvalue weighted by atomic mass is 16.5. The molecule has 112 valence electrons. The third-order valence-corrected chi connectivity index (χ3v) is 4.17. The van der Waals surface area contributed by atoms with Crippen LogP contribution in [0.15, 0.2) is 30.3 Å². The normalized spacial score (nSPS) is 24.7. The van der Waals surface area contributed by atoms with Gasteiger partial charge in [-0.3, -0.25) is 14.4 Å². The molecule has 0 radical (unpaired) electrons. The van der Waals surface area contributed by atoms with Gasteiger partial charge < -0.3 is 4.74 Å². The molecule has 21 heavy (non-hydrogen) atoms. The zero-order valence-electron chi connectivity index (χ0n) is 12.6. The van der Waals surface area contributed by atoms with E-state index in [1.807, 2.05) is 30.3 Å². The van der Waals surface area contributed by atoms with Crippen LogP contribution in [-0.4, -0.2) is 24.1 Å². The predicted octanol–water partition coefficient (Wildman–Crippen LogP) is 2.52. The van der Waals surface area contributed by atoms with Crippen molar-refractivity contribution in [2.24, 2.45) is 11.3 Å². The van der Waals surface area contributed by atoms with E-state index in [4.69, 9.17) is 4.74 Å². The molecule has 0 saturated heterocycles. The van der Waals surface area contributed by atoms with Crippen LogP contribution in [0.4, 0.5) is 0 Å². The second-order valence-electron chi connectivity index (χ2n) is 5.86. The summed E-state index contributed by atoms with van der Waals surface area (Å²) >= 11 is 0. The van der Waals surface area contributed by atoms with Crippen molar-refractivity contribution in [3.63, 3.8) is 0 Å². The Labute approximate surface area is 124 Å². The summed E-state index contributed by atoms with van der Waals surface area (Å²) in [7, 11) is 0. The van der Waals surface area contributed by atoms with Crippen LogP contribution in [-0.2, 0) is 19.1 Å². The maximum absolute atomic E-state index is 12.6. The molecular weight excluding hydrogens is 268 g/mol. The van der Waals surface area contributed by atoms with Gasteiger partial charge in [0.1, 0.15) is 11.7 Å². The second kappa shape index (κ2) is 5.80. The monoisotopic (exact) mass is 288 g/mol. The molecule has 0 bridgehead atoms. The number of hydrogen-bond donors (Lipinski definition) is 0. The van der Waals surface area contributed by atoms with Crippen molar-refractivity contribution in [3.05, 3.63) is 35.9 Å². The number of ketones is 2. The average Bonchev–Trinajstić information content (AvgIpc) is 2.46. The first-order valence-electron chi connectivity index (χ1n) is 7.18. The number of Topliss-reactive ketones (excluding diaryl/α,β-unsaturated/α-hetero) is 2. The van der Waals surface area contributed by atoms with Crippen LogP contribution in [0.25, 0.3) is 0 Å². The first kappa shape index (κ1) is 15.4. The third kappa shape index (κ3) is 2.75. The Balaban J connectivity index is 2.44. The van der Waals surface area contributed by atoms with Crippen molar-refractivity contribution in [3.8, 4) is 0 Å². The van der Waals surface area contributed by atoms with E-state index in [0.29, 0.717) is 0 Å². The average molecular weight is 288 g/mol. The van der Waals surface area contributed by atoms with Crippen LogP contribution in [0, 0.1) is 11.3 Å². The molecule has 0 heterocycles. The van der Waals surface area contributed by atoms with Crippen molar-refractivity contribution in [2.45, 2.75) is 33.1 Å². The van der Waals surface area contributed by atoms with Gasteiger partial charge in [-0.2, -0.15) is 0 Å². The second-order valence-corrected chi connectivity index (χ2v) is 5.86. The van der Waals surface area contributed by atoms with E-state index in [1.165, 1.54) is 0 Å². The van der Waals surface area contributed by atoms with Crippen molar-refractivity contribution >= 4 is 17.5 Å². The molecule has 1 saturated carbocycles. The summed E-state index contributed by atoms with van der Waals surface area (Å²) in [6, 6.07) is 9.23. The van der Waals surface area contributed by atoms with Gasteiger partial charge in [-0.1, -0.05) is 30.3 Å². The Kier molecular flexibility index (Phi) is 4.26. The molecule has 4 heteroatoms. The van der Waals surface area contributed by atoms with E-state index >= 15 is 0 Å². The zero-order valence-corrected chi connectivity index (χ0v) is 12.6. The molecule has 1 aromatic rings. The molecule has 1 aliphatic rings. The van der Waals surface area contributed by atoms with Crippen LogP contribution < -0.4 is 0 Å². The fourth-order valence-corrected chi connectivity index (χ4v) is 2.80. The number of benzene rings is 1. The number of esters is 1. The molecular formula is C17H20O4. The first-order valence-corrected chi connectivity index (χ1v) is 7.18. The van der Waals surface area contributed by atoms with E-state index in [2.05, 4.69) is 0 Å². The fraction of sp³-hybridized carbons (Fsp3) is 0.471. The highest BCUT2D eigenvalue weighted by Crippen LogP contribution is 2.42. The lowest BCUT2D eigenvalue weighted by atomic mass is 9.63. The third-order valence-electron chi connectivity index (χ3n) is 4.17. The number of ether oxygens (including phenoxy) is 1. The molecule has 1 aliphatic carbocycles. The van der Waals surface area contributed by atoms with Gasteiger partial charge in [0.2, 0.25) is 0 Å². The van der Waals surface area contributed by atoms with E-state index < -0.39 is 23.2 Å². The molecule has 0 spiro atoms. The van der Waals surface area contributed by atoms with Crippen LogP contribution in [0.5, 0.6) is 0 Å². The smallest absolute Gasteiger partial charge is 0.317 e. The number of carbonyl (C=O) groups excluding carboxylic acids is 3. The number of carbonyl (C=O) groups is 3. The summed E-state index contributed by atoms with van der Waals surface area (Å²) < 4.78 is 5.06. The van der Waals surface area contributed by atoms with Gasteiger partial charge in [0.25, 0.3) is 0 Å². The topological polar surface area (TPSA) is 60.4 Å². The maximum Gasteiger partial charge on any atom is 0.317 e. The van der Waals surface area contributed by atoms with Crippen LogP contribution in [0.1, 0.15) is 38.7 Å². The van der Waals surface area contributed by atoms with Crippen molar-refractivity contribution in [1.82, 2.24) is 0 Å².